The van der Waals surface area contributed by atoms with Crippen molar-refractivity contribution in [3.8, 4) is 0 Å². The van der Waals surface area contributed by atoms with Crippen LogP contribution >= 0.6 is 11.8 Å². The lowest BCUT2D eigenvalue weighted by Gasteiger charge is -2.11. The highest BCUT2D eigenvalue weighted by atomic mass is 32.2. The van der Waals surface area contributed by atoms with Gasteiger partial charge < -0.3 is 10.4 Å². The molecule has 1 aromatic carbocycles. The molecule has 0 aliphatic heterocycles. The molecule has 0 saturated carbocycles. The van der Waals surface area contributed by atoms with E-state index in [0.717, 1.165) is 18.7 Å². The van der Waals surface area contributed by atoms with Crippen LogP contribution in [0.3, 0.4) is 0 Å². The third-order valence-corrected chi connectivity index (χ3v) is 3.18. The second-order valence-electron chi connectivity index (χ2n) is 3.53. The molecule has 1 unspecified atom stereocenters. The van der Waals surface area contributed by atoms with E-state index in [-0.39, 0.29) is 6.61 Å². The van der Waals surface area contributed by atoms with Gasteiger partial charge in [-0.25, -0.2) is 0 Å². The van der Waals surface area contributed by atoms with Crippen LogP contribution in [0, 0.1) is 0 Å². The van der Waals surface area contributed by atoms with Crippen molar-refractivity contribution in [2.75, 3.05) is 18.9 Å². The molecule has 0 spiro atoms. The van der Waals surface area contributed by atoms with E-state index in [9.17, 15) is 0 Å². The third-order valence-electron chi connectivity index (χ3n) is 2.17. The average Bonchev–Trinajstić information content (AvgIpc) is 2.26. The smallest absolute Gasteiger partial charge is 0.0445 e. The summed E-state index contributed by atoms with van der Waals surface area (Å²) in [6, 6.07) is 10.8. The lowest BCUT2D eigenvalue weighted by atomic mass is 10.2. The molecule has 2 N–H and O–H groups in total. The van der Waals surface area contributed by atoms with E-state index >= 15 is 0 Å². The van der Waals surface area contributed by atoms with E-state index < -0.39 is 0 Å². The van der Waals surface area contributed by atoms with E-state index in [2.05, 4.69) is 36.5 Å². The number of aliphatic hydroxyl groups is 1. The molecule has 0 fully saturated rings. The summed E-state index contributed by atoms with van der Waals surface area (Å²) in [5, 5.41) is 12.1. The normalized spacial score (nSPS) is 12.7. The van der Waals surface area contributed by atoms with Crippen LogP contribution in [0.1, 0.15) is 13.3 Å². The number of aliphatic hydroxyl groups excluding tert-OH is 1. The summed E-state index contributed by atoms with van der Waals surface area (Å²) in [6.07, 6.45) is 0.829. The van der Waals surface area contributed by atoms with Crippen molar-refractivity contribution in [1.82, 2.24) is 5.32 Å². The molecule has 84 valence electrons. The Morgan fingerprint density at radius 1 is 1.33 bits per heavy atom. The maximum atomic E-state index is 8.73. The fraction of sp³-hybridized carbons (Fsp3) is 0.500. The maximum absolute atomic E-state index is 8.73. The Hall–Kier alpha value is -0.510. The van der Waals surface area contributed by atoms with Gasteiger partial charge in [0, 0.05) is 29.8 Å². The monoisotopic (exact) mass is 225 g/mol. The van der Waals surface area contributed by atoms with Gasteiger partial charge in [0.1, 0.15) is 0 Å². The zero-order chi connectivity index (χ0) is 10.9. The van der Waals surface area contributed by atoms with Gasteiger partial charge in [-0.15, -0.1) is 11.8 Å². The Morgan fingerprint density at radius 2 is 2.07 bits per heavy atom. The first-order chi connectivity index (χ1) is 7.33. The van der Waals surface area contributed by atoms with Gasteiger partial charge >= 0.3 is 0 Å². The van der Waals surface area contributed by atoms with E-state index in [1.54, 1.807) is 0 Å². The zero-order valence-electron chi connectivity index (χ0n) is 9.15. The summed E-state index contributed by atoms with van der Waals surface area (Å²) in [7, 11) is 0. The molecular formula is C12H19NOS. The Bertz CT molecular complexity index is 253. The number of hydrogen-bond acceptors (Lipinski definition) is 3. The van der Waals surface area contributed by atoms with Crippen molar-refractivity contribution in [2.45, 2.75) is 24.3 Å². The average molecular weight is 225 g/mol. The molecule has 0 saturated heterocycles. The topological polar surface area (TPSA) is 32.3 Å². The van der Waals surface area contributed by atoms with Crippen molar-refractivity contribution >= 4 is 11.8 Å². The molecule has 0 aliphatic carbocycles. The molecule has 0 aromatic heterocycles. The van der Waals surface area contributed by atoms with Gasteiger partial charge in [-0.1, -0.05) is 18.2 Å². The van der Waals surface area contributed by atoms with Crippen molar-refractivity contribution in [3.63, 3.8) is 0 Å². The molecule has 0 heterocycles. The van der Waals surface area contributed by atoms with Gasteiger partial charge in [0.05, 0.1) is 0 Å². The van der Waals surface area contributed by atoms with E-state index in [0.29, 0.717) is 6.04 Å². The van der Waals surface area contributed by atoms with Crippen LogP contribution in [0.4, 0.5) is 0 Å². The molecule has 1 aromatic rings. The van der Waals surface area contributed by atoms with Gasteiger partial charge in [0.25, 0.3) is 0 Å². The fourth-order valence-corrected chi connectivity index (χ4v) is 2.09. The van der Waals surface area contributed by atoms with Crippen LogP contribution in [0.15, 0.2) is 35.2 Å². The highest BCUT2D eigenvalue weighted by Gasteiger charge is 1.99. The molecule has 0 bridgehead atoms. The van der Waals surface area contributed by atoms with Crippen molar-refractivity contribution in [3.05, 3.63) is 30.3 Å². The molecule has 1 atom stereocenters. The summed E-state index contributed by atoms with van der Waals surface area (Å²) in [4.78, 5) is 1.31. The van der Waals surface area contributed by atoms with Crippen molar-refractivity contribution < 1.29 is 5.11 Å². The number of thioether (sulfide) groups is 1. The molecule has 1 rings (SSSR count). The Kier molecular flexibility index (Phi) is 6.48. The summed E-state index contributed by atoms with van der Waals surface area (Å²) >= 11 is 1.86. The van der Waals surface area contributed by atoms with Gasteiger partial charge in [-0.3, -0.25) is 0 Å². The predicted octanol–water partition coefficient (Wildman–Crippen LogP) is 2.14. The molecule has 2 nitrogen and oxygen atoms in total. The fourth-order valence-electron chi connectivity index (χ4n) is 1.29. The summed E-state index contributed by atoms with van der Waals surface area (Å²) < 4.78 is 0. The largest absolute Gasteiger partial charge is 0.396 e. The van der Waals surface area contributed by atoms with Crippen LogP contribution < -0.4 is 5.32 Å². The number of nitrogens with one attached hydrogen (secondary N) is 1. The van der Waals surface area contributed by atoms with Gasteiger partial charge in [0.15, 0.2) is 0 Å². The number of hydrogen-bond donors (Lipinski definition) is 2. The number of benzene rings is 1. The molecule has 15 heavy (non-hydrogen) atoms. The molecule has 0 radical (unpaired) electrons. The van der Waals surface area contributed by atoms with Gasteiger partial charge in [0.2, 0.25) is 0 Å². The van der Waals surface area contributed by atoms with Crippen LogP contribution in [-0.2, 0) is 0 Å². The van der Waals surface area contributed by atoms with E-state index in [1.165, 1.54) is 4.90 Å². The molecular weight excluding hydrogens is 206 g/mol. The predicted molar refractivity (Wildman–Crippen MR) is 66.3 cm³/mol. The van der Waals surface area contributed by atoms with Crippen molar-refractivity contribution in [1.29, 1.82) is 0 Å². The van der Waals surface area contributed by atoms with Crippen LogP contribution in [-0.4, -0.2) is 30.1 Å². The standard InChI is InChI=1S/C12H19NOS/c1-11(7-9-14)13-8-10-15-12-5-3-2-4-6-12/h2-6,11,13-14H,7-10H2,1H3. The van der Waals surface area contributed by atoms with Gasteiger partial charge in [-0.2, -0.15) is 0 Å². The first kappa shape index (κ1) is 12.6. The number of rotatable bonds is 7. The first-order valence-electron chi connectivity index (χ1n) is 5.35. The minimum atomic E-state index is 0.264. The van der Waals surface area contributed by atoms with Crippen LogP contribution in [0.25, 0.3) is 0 Å². The zero-order valence-corrected chi connectivity index (χ0v) is 9.96. The van der Waals surface area contributed by atoms with E-state index in [4.69, 9.17) is 5.11 Å². The molecule has 0 amide bonds. The second kappa shape index (κ2) is 7.74. The van der Waals surface area contributed by atoms with Gasteiger partial charge in [-0.05, 0) is 25.5 Å². The lowest BCUT2D eigenvalue weighted by molar-refractivity contribution is 0.270. The van der Waals surface area contributed by atoms with E-state index in [1.807, 2.05) is 17.8 Å². The SMILES string of the molecule is CC(CCO)NCCSc1ccccc1. The molecule has 3 heteroatoms. The summed E-state index contributed by atoms with van der Waals surface area (Å²) in [5.41, 5.74) is 0. The second-order valence-corrected chi connectivity index (χ2v) is 4.70. The lowest BCUT2D eigenvalue weighted by Crippen LogP contribution is -2.28. The van der Waals surface area contributed by atoms with Crippen LogP contribution in [0.2, 0.25) is 0 Å². The Balaban J connectivity index is 2.07. The minimum Gasteiger partial charge on any atom is -0.396 e. The first-order valence-corrected chi connectivity index (χ1v) is 6.33. The maximum Gasteiger partial charge on any atom is 0.0445 e. The highest BCUT2D eigenvalue weighted by molar-refractivity contribution is 7.99. The highest BCUT2D eigenvalue weighted by Crippen LogP contribution is 2.15. The third kappa shape index (κ3) is 5.82. The summed E-state index contributed by atoms with van der Waals surface area (Å²) in [5.74, 6) is 1.07. The quantitative estimate of drug-likeness (QED) is 0.551. The Labute approximate surface area is 96.1 Å². The minimum absolute atomic E-state index is 0.264. The molecule has 0 aliphatic rings. The Morgan fingerprint density at radius 3 is 2.73 bits per heavy atom. The summed E-state index contributed by atoms with van der Waals surface area (Å²) in [6.45, 7) is 3.35. The van der Waals surface area contributed by atoms with Crippen molar-refractivity contribution in [2.24, 2.45) is 0 Å². The van der Waals surface area contributed by atoms with Crippen LogP contribution in [0.5, 0.6) is 0 Å².